The van der Waals surface area contributed by atoms with Crippen molar-refractivity contribution in [1.29, 1.82) is 0 Å². The molecular formula is C44H89NO5. The van der Waals surface area contributed by atoms with Gasteiger partial charge in [0.05, 0.1) is 13.2 Å². The Morgan fingerprint density at radius 1 is 0.520 bits per heavy atom. The third-order valence-corrected chi connectivity index (χ3v) is 9.87. The maximum Gasteiger partial charge on any atom is 0.305 e. The SMILES string of the molecule is CCCCCCCCC(CCCCCCCC)OC=O.CCCCCCCCCOC(=O)CCCCCCCN(CCO)CCCCCCC. The molecule has 0 bridgehead atoms. The zero-order valence-corrected chi connectivity index (χ0v) is 34.3. The van der Waals surface area contributed by atoms with E-state index in [1.807, 2.05) is 0 Å². The second-order valence-corrected chi connectivity index (χ2v) is 14.8. The summed E-state index contributed by atoms with van der Waals surface area (Å²) in [6.07, 6.45) is 39.5. The number of carbonyl (C=O) groups is 2. The summed E-state index contributed by atoms with van der Waals surface area (Å²) in [4.78, 5) is 24.7. The molecule has 6 nitrogen and oxygen atoms in total. The molecule has 0 saturated carbocycles. The van der Waals surface area contributed by atoms with E-state index in [1.54, 1.807) is 0 Å². The first-order valence-electron chi connectivity index (χ1n) is 22.2. The van der Waals surface area contributed by atoms with Crippen molar-refractivity contribution >= 4 is 12.4 Å². The van der Waals surface area contributed by atoms with E-state index in [4.69, 9.17) is 9.47 Å². The Hall–Kier alpha value is -1.14. The van der Waals surface area contributed by atoms with Crippen LogP contribution in [0.25, 0.3) is 0 Å². The minimum absolute atomic E-state index is 0.0156. The van der Waals surface area contributed by atoms with Crippen molar-refractivity contribution in [3.8, 4) is 0 Å². The average Bonchev–Trinajstić information content (AvgIpc) is 3.12. The average molecular weight is 712 g/mol. The first-order chi connectivity index (χ1) is 24.6. The molecule has 0 aromatic carbocycles. The van der Waals surface area contributed by atoms with Crippen LogP contribution in [0, 0.1) is 0 Å². The van der Waals surface area contributed by atoms with Crippen LogP contribution in [0.2, 0.25) is 0 Å². The molecule has 0 aliphatic rings. The lowest BCUT2D eigenvalue weighted by atomic mass is 10.0. The van der Waals surface area contributed by atoms with Gasteiger partial charge in [-0.3, -0.25) is 9.59 Å². The van der Waals surface area contributed by atoms with Crippen molar-refractivity contribution in [2.75, 3.05) is 32.8 Å². The first-order valence-corrected chi connectivity index (χ1v) is 22.2. The lowest BCUT2D eigenvalue weighted by Gasteiger charge is -2.21. The zero-order valence-electron chi connectivity index (χ0n) is 34.3. The van der Waals surface area contributed by atoms with Gasteiger partial charge in [0.1, 0.15) is 6.10 Å². The standard InChI is InChI=1S/C26H53NO3.C18H36O2/c1-3-5-7-9-10-15-19-25-30-26(29)20-16-12-11-14-18-22-27(23-24-28)21-17-13-8-6-4-2;1-3-5-7-9-11-13-15-18(20-17-19)16-14-12-10-8-6-4-2/h28H,3-25H2,1-2H3;17-18H,3-16H2,1-2H3. The van der Waals surface area contributed by atoms with Crippen molar-refractivity contribution in [1.82, 2.24) is 4.90 Å². The molecule has 0 rings (SSSR count). The van der Waals surface area contributed by atoms with Gasteiger partial charge in [0, 0.05) is 13.0 Å². The van der Waals surface area contributed by atoms with Gasteiger partial charge in [-0.2, -0.15) is 0 Å². The molecule has 0 spiro atoms. The van der Waals surface area contributed by atoms with Gasteiger partial charge in [0.15, 0.2) is 0 Å². The number of hydrogen-bond donors (Lipinski definition) is 1. The summed E-state index contributed by atoms with van der Waals surface area (Å²) in [5.41, 5.74) is 0. The predicted molar refractivity (Wildman–Crippen MR) is 216 cm³/mol. The van der Waals surface area contributed by atoms with E-state index in [2.05, 4.69) is 32.6 Å². The molecule has 1 N–H and O–H groups in total. The van der Waals surface area contributed by atoms with E-state index in [1.165, 1.54) is 167 Å². The smallest absolute Gasteiger partial charge is 0.305 e. The molecule has 0 atom stereocenters. The number of unbranched alkanes of at least 4 members (excludes halogenated alkanes) is 24. The highest BCUT2D eigenvalue weighted by Crippen LogP contribution is 2.16. The molecule has 0 aliphatic heterocycles. The number of rotatable bonds is 40. The van der Waals surface area contributed by atoms with Crippen LogP contribution < -0.4 is 0 Å². The molecule has 0 aromatic heterocycles. The Bertz CT molecular complexity index is 630. The highest BCUT2D eigenvalue weighted by Gasteiger charge is 2.09. The summed E-state index contributed by atoms with van der Waals surface area (Å²) in [7, 11) is 0. The molecule has 6 heteroatoms. The van der Waals surface area contributed by atoms with Crippen LogP contribution >= 0.6 is 0 Å². The molecule has 0 saturated heterocycles. The van der Waals surface area contributed by atoms with Gasteiger partial charge in [0.25, 0.3) is 6.47 Å². The number of esters is 1. The van der Waals surface area contributed by atoms with E-state index in [0.29, 0.717) is 19.5 Å². The maximum atomic E-state index is 11.8. The molecule has 0 amide bonds. The summed E-state index contributed by atoms with van der Waals surface area (Å²) in [6, 6.07) is 0. The fourth-order valence-electron chi connectivity index (χ4n) is 6.53. The number of aliphatic hydroxyl groups is 1. The van der Waals surface area contributed by atoms with Crippen LogP contribution in [-0.4, -0.2) is 61.4 Å². The van der Waals surface area contributed by atoms with Gasteiger partial charge in [-0.15, -0.1) is 0 Å². The van der Waals surface area contributed by atoms with Gasteiger partial charge in [-0.05, 0) is 64.5 Å². The largest absolute Gasteiger partial charge is 0.466 e. The minimum Gasteiger partial charge on any atom is -0.466 e. The molecule has 0 heterocycles. The summed E-state index contributed by atoms with van der Waals surface area (Å²) >= 11 is 0. The van der Waals surface area contributed by atoms with Gasteiger partial charge >= 0.3 is 5.97 Å². The van der Waals surface area contributed by atoms with Crippen LogP contribution in [0.4, 0.5) is 0 Å². The quantitative estimate of drug-likeness (QED) is 0.0387. The van der Waals surface area contributed by atoms with Gasteiger partial charge in [-0.25, -0.2) is 0 Å². The van der Waals surface area contributed by atoms with Crippen molar-refractivity contribution < 1.29 is 24.2 Å². The number of hydrogen-bond acceptors (Lipinski definition) is 6. The van der Waals surface area contributed by atoms with Gasteiger partial charge in [-0.1, -0.05) is 175 Å². The summed E-state index contributed by atoms with van der Waals surface area (Å²) in [5.74, 6) is -0.0156. The topological polar surface area (TPSA) is 76.1 Å². The second-order valence-electron chi connectivity index (χ2n) is 14.8. The van der Waals surface area contributed by atoms with E-state index in [9.17, 15) is 14.7 Å². The number of aliphatic hydroxyl groups excluding tert-OH is 1. The lowest BCUT2D eigenvalue weighted by molar-refractivity contribution is -0.144. The van der Waals surface area contributed by atoms with Gasteiger partial charge < -0.3 is 19.5 Å². The summed E-state index contributed by atoms with van der Waals surface area (Å²) < 4.78 is 10.6. The van der Waals surface area contributed by atoms with Crippen molar-refractivity contribution in [2.24, 2.45) is 0 Å². The third kappa shape index (κ3) is 43.0. The van der Waals surface area contributed by atoms with Gasteiger partial charge in [0.2, 0.25) is 0 Å². The van der Waals surface area contributed by atoms with E-state index in [0.717, 1.165) is 51.7 Å². The van der Waals surface area contributed by atoms with Crippen LogP contribution in [0.3, 0.4) is 0 Å². The van der Waals surface area contributed by atoms with E-state index in [-0.39, 0.29) is 18.7 Å². The normalized spacial score (nSPS) is 11.2. The zero-order chi connectivity index (χ0) is 37.0. The molecule has 0 aromatic rings. The highest BCUT2D eigenvalue weighted by atomic mass is 16.5. The monoisotopic (exact) mass is 712 g/mol. The predicted octanol–water partition coefficient (Wildman–Crippen LogP) is 12.9. The van der Waals surface area contributed by atoms with Crippen LogP contribution in [-0.2, 0) is 19.1 Å². The molecular weight excluding hydrogens is 622 g/mol. The fourth-order valence-corrected chi connectivity index (χ4v) is 6.53. The molecule has 0 aliphatic carbocycles. The van der Waals surface area contributed by atoms with Crippen molar-refractivity contribution in [3.63, 3.8) is 0 Å². The third-order valence-electron chi connectivity index (χ3n) is 9.87. The second kappa shape index (κ2) is 45.9. The Kier molecular flexibility index (Phi) is 46.8. The van der Waals surface area contributed by atoms with Crippen molar-refractivity contribution in [2.45, 2.75) is 239 Å². The Labute approximate surface area is 313 Å². The fraction of sp³-hybridized carbons (Fsp3) is 0.955. The molecule has 0 fully saturated rings. The minimum atomic E-state index is -0.0156. The lowest BCUT2D eigenvalue weighted by Crippen LogP contribution is -2.29. The van der Waals surface area contributed by atoms with Crippen LogP contribution in [0.5, 0.6) is 0 Å². The first kappa shape index (κ1) is 51.0. The molecule has 0 unspecified atom stereocenters. The number of ether oxygens (including phenoxy) is 2. The van der Waals surface area contributed by atoms with Crippen LogP contribution in [0.15, 0.2) is 0 Å². The van der Waals surface area contributed by atoms with E-state index >= 15 is 0 Å². The van der Waals surface area contributed by atoms with Crippen molar-refractivity contribution in [3.05, 3.63) is 0 Å². The summed E-state index contributed by atoms with van der Waals surface area (Å²) in [6.45, 7) is 13.5. The number of nitrogens with zero attached hydrogens (tertiary/aromatic N) is 1. The molecule has 50 heavy (non-hydrogen) atoms. The van der Waals surface area contributed by atoms with Crippen LogP contribution in [0.1, 0.15) is 233 Å². The highest BCUT2D eigenvalue weighted by molar-refractivity contribution is 5.69. The summed E-state index contributed by atoms with van der Waals surface area (Å²) in [5, 5.41) is 9.25. The molecule has 300 valence electrons. The maximum absolute atomic E-state index is 11.8. The Morgan fingerprint density at radius 3 is 1.32 bits per heavy atom. The Balaban J connectivity index is 0. The van der Waals surface area contributed by atoms with E-state index < -0.39 is 0 Å². The Morgan fingerprint density at radius 2 is 0.900 bits per heavy atom. The molecule has 0 radical (unpaired) electrons. The number of carbonyl (C=O) groups excluding carboxylic acids is 2.